The lowest BCUT2D eigenvalue weighted by Gasteiger charge is -2.14. The Morgan fingerprint density at radius 3 is 2.75 bits per heavy atom. The van der Waals surface area contributed by atoms with Crippen molar-refractivity contribution < 1.29 is 0 Å². The summed E-state index contributed by atoms with van der Waals surface area (Å²) in [5, 5.41) is 0. The van der Waals surface area contributed by atoms with Crippen molar-refractivity contribution in [3.63, 3.8) is 0 Å². The standard InChI is InChI=1S/C10H16N2/c1-8(2)10(11)6-9-4-3-5-12-7-9/h3-5,7-8,10H,6,11H2,1-2H3. The minimum Gasteiger partial charge on any atom is -0.327 e. The fraction of sp³-hybridized carbons (Fsp3) is 0.500. The van der Waals surface area contributed by atoms with Crippen LogP contribution in [0.5, 0.6) is 0 Å². The molecular weight excluding hydrogens is 148 g/mol. The number of pyridine rings is 1. The summed E-state index contributed by atoms with van der Waals surface area (Å²) >= 11 is 0. The molecule has 0 radical (unpaired) electrons. The molecular formula is C10H16N2. The van der Waals surface area contributed by atoms with Gasteiger partial charge in [-0.1, -0.05) is 19.9 Å². The van der Waals surface area contributed by atoms with E-state index in [4.69, 9.17) is 5.73 Å². The maximum absolute atomic E-state index is 5.92. The second-order valence-corrected chi connectivity index (χ2v) is 3.47. The van der Waals surface area contributed by atoms with Crippen molar-refractivity contribution in [3.05, 3.63) is 30.1 Å². The van der Waals surface area contributed by atoms with Crippen LogP contribution in [0.25, 0.3) is 0 Å². The smallest absolute Gasteiger partial charge is 0.0300 e. The maximum Gasteiger partial charge on any atom is 0.0300 e. The summed E-state index contributed by atoms with van der Waals surface area (Å²) in [6.45, 7) is 4.28. The van der Waals surface area contributed by atoms with Gasteiger partial charge in [-0.3, -0.25) is 4.98 Å². The molecule has 0 aliphatic rings. The summed E-state index contributed by atoms with van der Waals surface area (Å²) in [7, 11) is 0. The van der Waals surface area contributed by atoms with Crippen molar-refractivity contribution in [1.29, 1.82) is 0 Å². The third kappa shape index (κ3) is 2.62. The van der Waals surface area contributed by atoms with E-state index in [0.29, 0.717) is 5.92 Å². The second-order valence-electron chi connectivity index (χ2n) is 3.47. The van der Waals surface area contributed by atoms with Gasteiger partial charge in [-0.05, 0) is 24.0 Å². The van der Waals surface area contributed by atoms with Gasteiger partial charge in [0, 0.05) is 18.4 Å². The van der Waals surface area contributed by atoms with E-state index in [2.05, 4.69) is 24.9 Å². The van der Waals surface area contributed by atoms with Crippen LogP contribution in [0.2, 0.25) is 0 Å². The molecule has 0 aromatic carbocycles. The summed E-state index contributed by atoms with van der Waals surface area (Å²) in [5.41, 5.74) is 7.14. The van der Waals surface area contributed by atoms with Crippen LogP contribution >= 0.6 is 0 Å². The minimum atomic E-state index is 0.245. The SMILES string of the molecule is CC(C)C(N)Cc1cccnc1. The van der Waals surface area contributed by atoms with Crippen molar-refractivity contribution >= 4 is 0 Å². The number of hydrogen-bond donors (Lipinski definition) is 1. The van der Waals surface area contributed by atoms with Crippen molar-refractivity contribution in [2.24, 2.45) is 11.7 Å². The van der Waals surface area contributed by atoms with Gasteiger partial charge in [-0.15, -0.1) is 0 Å². The van der Waals surface area contributed by atoms with Crippen LogP contribution in [0.15, 0.2) is 24.5 Å². The molecule has 1 aromatic heterocycles. The largest absolute Gasteiger partial charge is 0.327 e. The Kier molecular flexibility index (Phi) is 3.23. The summed E-state index contributed by atoms with van der Waals surface area (Å²) in [6, 6.07) is 4.26. The van der Waals surface area contributed by atoms with Gasteiger partial charge in [0.15, 0.2) is 0 Å². The minimum absolute atomic E-state index is 0.245. The Balaban J connectivity index is 2.53. The van der Waals surface area contributed by atoms with E-state index in [1.165, 1.54) is 5.56 Å². The molecule has 1 aromatic rings. The molecule has 1 atom stereocenters. The van der Waals surface area contributed by atoms with Gasteiger partial charge in [0.05, 0.1) is 0 Å². The van der Waals surface area contributed by atoms with Crippen molar-refractivity contribution in [3.8, 4) is 0 Å². The summed E-state index contributed by atoms with van der Waals surface area (Å²) in [5.74, 6) is 0.533. The third-order valence-corrected chi connectivity index (χ3v) is 2.05. The molecule has 1 unspecified atom stereocenters. The zero-order chi connectivity index (χ0) is 8.97. The van der Waals surface area contributed by atoms with Crippen LogP contribution in [0.4, 0.5) is 0 Å². The molecule has 1 heterocycles. The van der Waals surface area contributed by atoms with E-state index in [0.717, 1.165) is 6.42 Å². The van der Waals surface area contributed by atoms with Gasteiger partial charge in [0.1, 0.15) is 0 Å². The predicted octanol–water partition coefficient (Wildman–Crippen LogP) is 1.61. The molecule has 0 fully saturated rings. The molecule has 0 aliphatic heterocycles. The van der Waals surface area contributed by atoms with Gasteiger partial charge >= 0.3 is 0 Å². The van der Waals surface area contributed by atoms with E-state index < -0.39 is 0 Å². The number of aromatic nitrogens is 1. The predicted molar refractivity (Wildman–Crippen MR) is 50.8 cm³/mol. The molecule has 0 amide bonds. The van der Waals surface area contributed by atoms with E-state index in [-0.39, 0.29) is 6.04 Å². The van der Waals surface area contributed by atoms with Gasteiger partial charge in [0.2, 0.25) is 0 Å². The highest BCUT2D eigenvalue weighted by Crippen LogP contribution is 2.06. The van der Waals surface area contributed by atoms with E-state index >= 15 is 0 Å². The molecule has 2 heteroatoms. The first-order valence-corrected chi connectivity index (χ1v) is 4.34. The third-order valence-electron chi connectivity index (χ3n) is 2.05. The van der Waals surface area contributed by atoms with E-state index in [1.807, 2.05) is 12.3 Å². The van der Waals surface area contributed by atoms with Gasteiger partial charge in [0.25, 0.3) is 0 Å². The molecule has 12 heavy (non-hydrogen) atoms. The molecule has 2 nitrogen and oxygen atoms in total. The lowest BCUT2D eigenvalue weighted by molar-refractivity contribution is 0.490. The number of hydrogen-bond acceptors (Lipinski definition) is 2. The van der Waals surface area contributed by atoms with Crippen LogP contribution in [0.1, 0.15) is 19.4 Å². The Labute approximate surface area is 73.8 Å². The van der Waals surface area contributed by atoms with Crippen LogP contribution in [-0.2, 0) is 6.42 Å². The highest BCUT2D eigenvalue weighted by atomic mass is 14.7. The summed E-state index contributed by atoms with van der Waals surface area (Å²) < 4.78 is 0. The summed E-state index contributed by atoms with van der Waals surface area (Å²) in [6.07, 6.45) is 4.58. The average Bonchev–Trinajstić information content (AvgIpc) is 2.06. The topological polar surface area (TPSA) is 38.9 Å². The van der Waals surface area contributed by atoms with E-state index in [1.54, 1.807) is 6.20 Å². The molecule has 0 aliphatic carbocycles. The highest BCUT2D eigenvalue weighted by Gasteiger charge is 2.07. The number of rotatable bonds is 3. The normalized spacial score (nSPS) is 13.3. The van der Waals surface area contributed by atoms with Crippen LogP contribution in [0.3, 0.4) is 0 Å². The molecule has 66 valence electrons. The lowest BCUT2D eigenvalue weighted by atomic mass is 9.98. The quantitative estimate of drug-likeness (QED) is 0.737. The summed E-state index contributed by atoms with van der Waals surface area (Å²) in [4.78, 5) is 4.04. The Bertz CT molecular complexity index is 219. The van der Waals surface area contributed by atoms with Crippen molar-refractivity contribution in [2.75, 3.05) is 0 Å². The monoisotopic (exact) mass is 164 g/mol. The number of nitrogens with zero attached hydrogens (tertiary/aromatic N) is 1. The molecule has 0 bridgehead atoms. The fourth-order valence-corrected chi connectivity index (χ4v) is 1.03. The lowest BCUT2D eigenvalue weighted by Crippen LogP contribution is -2.28. The fourth-order valence-electron chi connectivity index (χ4n) is 1.03. The van der Waals surface area contributed by atoms with Crippen LogP contribution in [0, 0.1) is 5.92 Å². The first kappa shape index (κ1) is 9.20. The van der Waals surface area contributed by atoms with Crippen LogP contribution < -0.4 is 5.73 Å². The molecule has 2 N–H and O–H groups in total. The van der Waals surface area contributed by atoms with Gasteiger partial charge in [-0.2, -0.15) is 0 Å². The zero-order valence-electron chi connectivity index (χ0n) is 7.70. The maximum atomic E-state index is 5.92. The second kappa shape index (κ2) is 4.21. The Morgan fingerprint density at radius 1 is 1.50 bits per heavy atom. The first-order valence-electron chi connectivity index (χ1n) is 4.34. The molecule has 0 spiro atoms. The molecule has 1 rings (SSSR count). The van der Waals surface area contributed by atoms with Gasteiger partial charge in [-0.25, -0.2) is 0 Å². The Morgan fingerprint density at radius 2 is 2.25 bits per heavy atom. The number of nitrogens with two attached hydrogens (primary N) is 1. The zero-order valence-corrected chi connectivity index (χ0v) is 7.70. The van der Waals surface area contributed by atoms with Gasteiger partial charge < -0.3 is 5.73 Å². The average molecular weight is 164 g/mol. The van der Waals surface area contributed by atoms with E-state index in [9.17, 15) is 0 Å². The van der Waals surface area contributed by atoms with Crippen molar-refractivity contribution in [1.82, 2.24) is 4.98 Å². The molecule has 0 saturated carbocycles. The highest BCUT2D eigenvalue weighted by molar-refractivity contribution is 5.10. The molecule has 0 saturated heterocycles. The van der Waals surface area contributed by atoms with Crippen molar-refractivity contribution in [2.45, 2.75) is 26.3 Å². The van der Waals surface area contributed by atoms with Crippen LogP contribution in [-0.4, -0.2) is 11.0 Å². The Hall–Kier alpha value is -0.890. The first-order chi connectivity index (χ1) is 5.70.